The fourth-order valence-electron chi connectivity index (χ4n) is 5.32. The topological polar surface area (TPSA) is 175 Å². The standard InChI is InChI=1S/C24H32N10O3P/c1-15(23(3-4-23)11-33-13-29-17-7-27-21(25)31-19(17)33)9-36-38(35)37-10-16(2)24(5-6-24)12-34-14-30-18-8-28-22(26)32-20(18)34/h7-8,13-16H,3-6,9-12H2,1-2H3,(H2,25,27,31)(H2,26,28,32)/q+1. The molecule has 0 aliphatic heterocycles. The van der Waals surface area contributed by atoms with Crippen LogP contribution in [-0.2, 0) is 26.7 Å². The molecule has 4 heterocycles. The molecule has 6 rings (SSSR count). The van der Waals surface area contributed by atoms with Crippen LogP contribution in [0.15, 0.2) is 25.0 Å². The summed E-state index contributed by atoms with van der Waals surface area (Å²) in [6.07, 6.45) is 11.1. The van der Waals surface area contributed by atoms with Crippen LogP contribution in [0, 0.1) is 22.7 Å². The number of aromatic nitrogens is 8. The molecule has 2 atom stereocenters. The van der Waals surface area contributed by atoms with Gasteiger partial charge >= 0.3 is 8.25 Å². The van der Waals surface area contributed by atoms with Gasteiger partial charge in [-0.15, -0.1) is 9.05 Å². The number of imidazole rings is 2. The van der Waals surface area contributed by atoms with Crippen LogP contribution >= 0.6 is 8.25 Å². The second kappa shape index (κ2) is 9.48. The zero-order valence-electron chi connectivity index (χ0n) is 21.5. The van der Waals surface area contributed by atoms with Crippen molar-refractivity contribution < 1.29 is 13.6 Å². The Morgan fingerprint density at radius 1 is 0.816 bits per heavy atom. The third-order valence-electron chi connectivity index (χ3n) is 8.46. The molecule has 0 radical (unpaired) electrons. The molecule has 4 aromatic rings. The maximum absolute atomic E-state index is 12.6. The normalized spacial score (nSPS) is 19.5. The van der Waals surface area contributed by atoms with Crippen molar-refractivity contribution in [3.05, 3.63) is 25.0 Å². The van der Waals surface area contributed by atoms with Gasteiger partial charge in [0.2, 0.25) is 11.9 Å². The summed E-state index contributed by atoms with van der Waals surface area (Å²) in [7, 11) is -2.21. The molecule has 4 aromatic heterocycles. The Hall–Kier alpha value is -3.28. The Bertz CT molecular complexity index is 1390. The van der Waals surface area contributed by atoms with Crippen molar-refractivity contribution in [2.45, 2.75) is 52.6 Å². The van der Waals surface area contributed by atoms with Crippen LogP contribution in [0.2, 0.25) is 0 Å². The van der Waals surface area contributed by atoms with Crippen LogP contribution in [0.5, 0.6) is 0 Å². The highest BCUT2D eigenvalue weighted by Gasteiger charge is 2.50. The summed E-state index contributed by atoms with van der Waals surface area (Å²) in [5, 5.41) is 0. The Kier molecular flexibility index (Phi) is 6.24. The van der Waals surface area contributed by atoms with Crippen molar-refractivity contribution in [3.63, 3.8) is 0 Å². The van der Waals surface area contributed by atoms with E-state index in [-0.39, 0.29) is 34.6 Å². The second-order valence-electron chi connectivity index (χ2n) is 11.0. The zero-order chi connectivity index (χ0) is 26.5. The van der Waals surface area contributed by atoms with Crippen LogP contribution < -0.4 is 11.5 Å². The molecule has 2 unspecified atom stereocenters. The molecule has 200 valence electrons. The van der Waals surface area contributed by atoms with Gasteiger partial charge in [-0.2, -0.15) is 9.97 Å². The van der Waals surface area contributed by atoms with Crippen LogP contribution in [0.3, 0.4) is 0 Å². The Balaban J connectivity index is 1.00. The number of nitrogens with two attached hydrogens (primary N) is 2. The highest BCUT2D eigenvalue weighted by atomic mass is 31.1. The maximum Gasteiger partial charge on any atom is 0.697 e. The molecule has 2 aliphatic rings. The van der Waals surface area contributed by atoms with Gasteiger partial charge in [0.25, 0.3) is 0 Å². The third kappa shape index (κ3) is 4.81. The van der Waals surface area contributed by atoms with Crippen LogP contribution in [0.4, 0.5) is 11.9 Å². The summed E-state index contributed by atoms with van der Waals surface area (Å²) in [5.74, 6) is 0.846. The van der Waals surface area contributed by atoms with E-state index in [9.17, 15) is 4.57 Å². The first kappa shape index (κ1) is 25.0. The second-order valence-corrected chi connectivity index (χ2v) is 11.9. The average molecular weight is 540 g/mol. The first-order valence-corrected chi connectivity index (χ1v) is 14.0. The fraction of sp³-hybridized carbons (Fsp3) is 0.583. The van der Waals surface area contributed by atoms with E-state index in [4.69, 9.17) is 20.5 Å². The van der Waals surface area contributed by atoms with E-state index in [0.717, 1.165) is 61.1 Å². The highest BCUT2D eigenvalue weighted by Crippen LogP contribution is 2.55. The van der Waals surface area contributed by atoms with E-state index in [1.165, 1.54) is 0 Å². The van der Waals surface area contributed by atoms with Gasteiger partial charge in [0.15, 0.2) is 11.3 Å². The quantitative estimate of drug-likeness (QED) is 0.253. The van der Waals surface area contributed by atoms with Gasteiger partial charge in [0, 0.05) is 17.7 Å². The van der Waals surface area contributed by atoms with Crippen LogP contribution in [0.25, 0.3) is 22.3 Å². The van der Waals surface area contributed by atoms with E-state index in [1.54, 1.807) is 25.0 Å². The smallest absolute Gasteiger partial charge is 0.368 e. The van der Waals surface area contributed by atoms with Gasteiger partial charge in [-0.3, -0.25) is 0 Å². The van der Waals surface area contributed by atoms with Crippen LogP contribution in [-0.4, -0.2) is 52.3 Å². The van der Waals surface area contributed by atoms with Gasteiger partial charge in [-0.25, -0.2) is 19.9 Å². The summed E-state index contributed by atoms with van der Waals surface area (Å²) in [6.45, 7) is 6.49. The fourth-order valence-corrected chi connectivity index (χ4v) is 6.08. The summed E-state index contributed by atoms with van der Waals surface area (Å²) in [6, 6.07) is 0. The minimum atomic E-state index is -2.21. The number of rotatable bonds is 12. The molecule has 0 spiro atoms. The molecule has 2 fully saturated rings. The number of nitrogens with zero attached hydrogens (tertiary/aromatic N) is 8. The minimum absolute atomic E-state index is 0.0510. The van der Waals surface area contributed by atoms with E-state index in [2.05, 4.69) is 43.8 Å². The van der Waals surface area contributed by atoms with Crippen LogP contribution in [0.1, 0.15) is 39.5 Å². The van der Waals surface area contributed by atoms with Gasteiger partial charge in [-0.05, 0) is 48.3 Å². The van der Waals surface area contributed by atoms with E-state index in [0.29, 0.717) is 13.2 Å². The minimum Gasteiger partial charge on any atom is -0.368 e. The number of hydrogen-bond donors (Lipinski definition) is 2. The van der Waals surface area contributed by atoms with Crippen molar-refractivity contribution in [3.8, 4) is 0 Å². The van der Waals surface area contributed by atoms with E-state index < -0.39 is 8.25 Å². The van der Waals surface area contributed by atoms with Crippen molar-refractivity contribution in [2.75, 3.05) is 24.7 Å². The average Bonchev–Trinajstić information content (AvgIpc) is 3.80. The van der Waals surface area contributed by atoms with Gasteiger partial charge < -0.3 is 20.6 Å². The lowest BCUT2D eigenvalue weighted by atomic mass is 9.91. The lowest BCUT2D eigenvalue weighted by Gasteiger charge is -2.22. The Morgan fingerprint density at radius 3 is 1.63 bits per heavy atom. The van der Waals surface area contributed by atoms with Crippen molar-refractivity contribution in [1.82, 2.24) is 39.0 Å². The molecule has 0 saturated heterocycles. The largest absolute Gasteiger partial charge is 0.697 e. The van der Waals surface area contributed by atoms with Crippen molar-refractivity contribution >= 4 is 42.5 Å². The SMILES string of the molecule is CC(CO[P+](=O)OCC(C)C1(Cn2cnc3cnc(N)nc32)CC1)C1(Cn2cnc3cnc(N)nc32)CC1. The van der Waals surface area contributed by atoms with Gasteiger partial charge in [0.1, 0.15) is 24.2 Å². The summed E-state index contributed by atoms with van der Waals surface area (Å²) in [5.41, 5.74) is 14.5. The molecular formula is C24H32N10O3P+. The third-order valence-corrected chi connectivity index (χ3v) is 9.18. The van der Waals surface area contributed by atoms with E-state index in [1.807, 2.05) is 9.13 Å². The molecular weight excluding hydrogens is 507 g/mol. The molecule has 0 amide bonds. The number of anilines is 2. The van der Waals surface area contributed by atoms with E-state index >= 15 is 0 Å². The highest BCUT2D eigenvalue weighted by molar-refractivity contribution is 7.33. The molecule has 38 heavy (non-hydrogen) atoms. The summed E-state index contributed by atoms with van der Waals surface area (Å²) < 4.78 is 28.0. The molecule has 4 N–H and O–H groups in total. The molecule has 0 bridgehead atoms. The summed E-state index contributed by atoms with van der Waals surface area (Å²) in [4.78, 5) is 25.5. The van der Waals surface area contributed by atoms with Crippen molar-refractivity contribution in [1.29, 1.82) is 0 Å². The first-order chi connectivity index (χ1) is 18.3. The maximum atomic E-state index is 12.6. The molecule has 2 saturated carbocycles. The predicted octanol–water partition coefficient (Wildman–Crippen LogP) is 3.35. The molecule has 13 nitrogen and oxygen atoms in total. The number of nitrogen functional groups attached to an aromatic ring is 2. The first-order valence-electron chi connectivity index (χ1n) is 12.9. The number of fused-ring (bicyclic) bond motifs is 2. The van der Waals surface area contributed by atoms with Gasteiger partial charge in [-0.1, -0.05) is 13.8 Å². The lowest BCUT2D eigenvalue weighted by Crippen LogP contribution is -2.24. The van der Waals surface area contributed by atoms with Gasteiger partial charge in [0.05, 0.1) is 25.0 Å². The number of hydrogen-bond acceptors (Lipinski definition) is 11. The Morgan fingerprint density at radius 2 is 1.24 bits per heavy atom. The predicted molar refractivity (Wildman–Crippen MR) is 141 cm³/mol. The zero-order valence-corrected chi connectivity index (χ0v) is 22.4. The summed E-state index contributed by atoms with van der Waals surface area (Å²) >= 11 is 0. The molecule has 14 heteroatoms. The van der Waals surface area contributed by atoms with Crippen molar-refractivity contribution in [2.24, 2.45) is 22.7 Å². The molecule has 2 aliphatic carbocycles. The lowest BCUT2D eigenvalue weighted by molar-refractivity contribution is 0.132. The molecule has 0 aromatic carbocycles. The monoisotopic (exact) mass is 539 g/mol. The Labute approximate surface area is 220 Å².